The minimum Gasteiger partial charge on any atom is -0.465 e. The Morgan fingerprint density at radius 2 is 1.52 bits per heavy atom. The number of fused-ring (bicyclic) bond motifs is 1. The van der Waals surface area contributed by atoms with Gasteiger partial charge >= 0.3 is 5.97 Å². The molecule has 3 aromatic rings. The number of amides is 1. The largest absolute Gasteiger partial charge is 0.465 e. The molecule has 13 heteroatoms. The van der Waals surface area contributed by atoms with Crippen molar-refractivity contribution in [1.82, 2.24) is 8.87 Å². The number of hydrogen-bond donors (Lipinski definition) is 0. The van der Waals surface area contributed by atoms with Gasteiger partial charge in [-0.05, 0) is 61.2 Å². The third-order valence-electron chi connectivity index (χ3n) is 5.75. The molecule has 0 saturated carbocycles. The van der Waals surface area contributed by atoms with Gasteiger partial charge in [-0.3, -0.25) is 9.59 Å². The Kier molecular flexibility index (Phi) is 10.1. The topological polar surface area (TPSA) is 132 Å². The molecule has 218 valence electrons. The predicted molar refractivity (Wildman–Crippen MR) is 154 cm³/mol. The normalized spacial score (nSPS) is 13.1. The van der Waals surface area contributed by atoms with E-state index in [1.165, 1.54) is 45.3 Å². The molecule has 0 saturated heterocycles. The zero-order chi connectivity index (χ0) is 29.8. The van der Waals surface area contributed by atoms with Gasteiger partial charge in [-0.25, -0.2) is 16.8 Å². The van der Waals surface area contributed by atoms with E-state index in [2.05, 4.69) is 4.99 Å². The van der Waals surface area contributed by atoms with E-state index in [0.717, 1.165) is 17.6 Å². The van der Waals surface area contributed by atoms with Crippen LogP contribution >= 0.6 is 11.3 Å². The van der Waals surface area contributed by atoms with E-state index < -0.39 is 31.7 Å². The lowest BCUT2D eigenvalue weighted by Crippen LogP contribution is -2.37. The van der Waals surface area contributed by atoms with Crippen molar-refractivity contribution in [1.29, 1.82) is 0 Å². The van der Waals surface area contributed by atoms with Crippen molar-refractivity contribution in [2.24, 2.45) is 16.8 Å². The molecule has 0 atom stereocenters. The highest BCUT2D eigenvalue weighted by Crippen LogP contribution is 2.23. The van der Waals surface area contributed by atoms with E-state index in [1.54, 1.807) is 13.0 Å². The van der Waals surface area contributed by atoms with Crippen molar-refractivity contribution in [2.45, 2.75) is 51.0 Å². The van der Waals surface area contributed by atoms with Gasteiger partial charge in [-0.15, -0.1) is 0 Å². The number of ether oxygens (including phenoxy) is 1. The fourth-order valence-electron chi connectivity index (χ4n) is 4.01. The van der Waals surface area contributed by atoms with Gasteiger partial charge in [0.1, 0.15) is 6.54 Å². The summed E-state index contributed by atoms with van der Waals surface area (Å²) >= 11 is 1.06. The number of esters is 1. The maximum Gasteiger partial charge on any atom is 0.326 e. The van der Waals surface area contributed by atoms with Gasteiger partial charge < -0.3 is 9.30 Å². The van der Waals surface area contributed by atoms with E-state index in [0.29, 0.717) is 23.3 Å². The average molecular weight is 610 g/mol. The van der Waals surface area contributed by atoms with Crippen LogP contribution in [0.4, 0.5) is 0 Å². The van der Waals surface area contributed by atoms with Crippen LogP contribution in [0.1, 0.15) is 45.0 Å². The Labute approximate surface area is 239 Å². The van der Waals surface area contributed by atoms with Crippen LogP contribution < -0.4 is 4.80 Å². The quantitative estimate of drug-likeness (QED) is 0.303. The second-order valence-electron chi connectivity index (χ2n) is 10.2. The number of nitrogens with zero attached hydrogens (tertiary/aromatic N) is 3. The van der Waals surface area contributed by atoms with Gasteiger partial charge in [0.05, 0.1) is 26.6 Å². The molecule has 0 aliphatic rings. The number of sulfonamides is 1. The molecular formula is C27H35N3O7S3. The van der Waals surface area contributed by atoms with Crippen molar-refractivity contribution in [2.75, 3.05) is 26.0 Å². The van der Waals surface area contributed by atoms with Gasteiger partial charge in [-0.1, -0.05) is 39.0 Å². The van der Waals surface area contributed by atoms with Crippen molar-refractivity contribution < 1.29 is 31.2 Å². The molecule has 1 aromatic heterocycles. The molecule has 1 amide bonds. The first-order valence-corrected chi connectivity index (χ1v) is 17.0. The molecule has 0 fully saturated rings. The number of aromatic nitrogens is 1. The fraction of sp³-hybridized carbons (Fsp3) is 0.444. The number of hydrogen-bond acceptors (Lipinski definition) is 8. The van der Waals surface area contributed by atoms with Gasteiger partial charge in [0.2, 0.25) is 10.0 Å². The van der Waals surface area contributed by atoms with Crippen LogP contribution in [-0.4, -0.2) is 63.5 Å². The standard InChI is InChI=1S/C27H35N3O7S3/c1-7-37-25(31)17-30-23-13-12-22(39(6,33)34)14-24(23)38-27(30)28-26(32)20-8-10-21(11-9-20)40(35,36)29(15-18(2)3)16-19(4)5/h8-14,18-19H,7,15-17H2,1-6H3. The number of rotatable bonds is 11. The first kappa shape index (κ1) is 31.7. The SMILES string of the molecule is CCOC(=O)Cn1c(=NC(=O)c2ccc(S(=O)(=O)N(CC(C)C)CC(C)C)cc2)sc2cc(S(C)(=O)=O)ccc21. The lowest BCUT2D eigenvalue weighted by atomic mass is 10.2. The summed E-state index contributed by atoms with van der Waals surface area (Å²) in [6.07, 6.45) is 1.10. The van der Waals surface area contributed by atoms with E-state index >= 15 is 0 Å². The highest BCUT2D eigenvalue weighted by Gasteiger charge is 2.26. The third-order valence-corrected chi connectivity index (χ3v) is 9.75. The second-order valence-corrected chi connectivity index (χ2v) is 15.2. The lowest BCUT2D eigenvalue weighted by Gasteiger charge is -2.25. The summed E-state index contributed by atoms with van der Waals surface area (Å²) in [5.41, 5.74) is 0.684. The molecule has 2 aromatic carbocycles. The number of benzene rings is 2. The summed E-state index contributed by atoms with van der Waals surface area (Å²) in [6.45, 7) is 10.2. The molecule has 0 bridgehead atoms. The molecule has 0 radical (unpaired) electrons. The van der Waals surface area contributed by atoms with Crippen molar-refractivity contribution in [3.05, 3.63) is 52.8 Å². The predicted octanol–water partition coefficient (Wildman–Crippen LogP) is 3.71. The molecule has 0 unspecified atom stereocenters. The van der Waals surface area contributed by atoms with Gasteiger partial charge in [0, 0.05) is 24.9 Å². The highest BCUT2D eigenvalue weighted by atomic mass is 32.2. The minimum absolute atomic E-state index is 0.0814. The maximum absolute atomic E-state index is 13.3. The monoisotopic (exact) mass is 609 g/mol. The van der Waals surface area contributed by atoms with Gasteiger partial charge in [0.25, 0.3) is 5.91 Å². The Morgan fingerprint density at radius 3 is 2.05 bits per heavy atom. The van der Waals surface area contributed by atoms with Crippen molar-refractivity contribution in [3.63, 3.8) is 0 Å². The summed E-state index contributed by atoms with van der Waals surface area (Å²) in [7, 11) is -7.24. The van der Waals surface area contributed by atoms with E-state index in [4.69, 9.17) is 4.74 Å². The Morgan fingerprint density at radius 1 is 0.950 bits per heavy atom. The first-order chi connectivity index (χ1) is 18.6. The summed E-state index contributed by atoms with van der Waals surface area (Å²) in [5, 5.41) is 0. The highest BCUT2D eigenvalue weighted by molar-refractivity contribution is 7.90. The van der Waals surface area contributed by atoms with Crippen LogP contribution in [0.15, 0.2) is 57.2 Å². The van der Waals surface area contributed by atoms with Crippen LogP contribution in [0.5, 0.6) is 0 Å². The van der Waals surface area contributed by atoms with Gasteiger partial charge in [-0.2, -0.15) is 9.30 Å². The van der Waals surface area contributed by atoms with Crippen LogP contribution in [0, 0.1) is 11.8 Å². The maximum atomic E-state index is 13.3. The molecular weight excluding hydrogens is 575 g/mol. The zero-order valence-corrected chi connectivity index (χ0v) is 25.9. The van der Waals surface area contributed by atoms with Crippen LogP contribution in [-0.2, 0) is 35.9 Å². The summed E-state index contributed by atoms with van der Waals surface area (Å²) < 4.78 is 59.2. The minimum atomic E-state index is -3.76. The lowest BCUT2D eigenvalue weighted by molar-refractivity contribution is -0.143. The van der Waals surface area contributed by atoms with Crippen LogP contribution in [0.3, 0.4) is 0 Å². The summed E-state index contributed by atoms with van der Waals surface area (Å²) in [5.74, 6) is -0.892. The summed E-state index contributed by atoms with van der Waals surface area (Å²) in [4.78, 5) is 30.0. The van der Waals surface area contributed by atoms with Crippen LogP contribution in [0.25, 0.3) is 10.2 Å². The Bertz CT molecular complexity index is 1660. The van der Waals surface area contributed by atoms with E-state index in [1.807, 2.05) is 27.7 Å². The van der Waals surface area contributed by atoms with Gasteiger partial charge in [0.15, 0.2) is 14.6 Å². The Balaban J connectivity index is 2.02. The van der Waals surface area contributed by atoms with Crippen LogP contribution in [0.2, 0.25) is 0 Å². The van der Waals surface area contributed by atoms with E-state index in [9.17, 15) is 26.4 Å². The fourth-order valence-corrected chi connectivity index (χ4v) is 7.57. The molecule has 0 aliphatic heterocycles. The number of carbonyl (C=O) groups is 2. The molecule has 0 aliphatic carbocycles. The number of carbonyl (C=O) groups excluding carboxylic acids is 2. The average Bonchev–Trinajstić information content (AvgIpc) is 3.18. The number of sulfone groups is 1. The summed E-state index contributed by atoms with van der Waals surface area (Å²) in [6, 6.07) is 10.1. The molecule has 3 rings (SSSR count). The second kappa shape index (κ2) is 12.8. The zero-order valence-electron chi connectivity index (χ0n) is 23.4. The molecule has 10 nitrogen and oxygen atoms in total. The third kappa shape index (κ3) is 7.65. The first-order valence-electron chi connectivity index (χ1n) is 12.8. The molecule has 0 spiro atoms. The van der Waals surface area contributed by atoms with E-state index in [-0.39, 0.29) is 45.1 Å². The molecule has 1 heterocycles. The number of thiazole rings is 1. The Hall–Kier alpha value is -2.87. The molecule has 40 heavy (non-hydrogen) atoms. The smallest absolute Gasteiger partial charge is 0.326 e. The molecule has 0 N–H and O–H groups in total. The van der Waals surface area contributed by atoms with Crippen molar-refractivity contribution >= 4 is 53.3 Å². The van der Waals surface area contributed by atoms with Crippen molar-refractivity contribution in [3.8, 4) is 0 Å².